The van der Waals surface area contributed by atoms with Gasteiger partial charge in [0.05, 0.1) is 12.3 Å². The Balaban J connectivity index is 1.80. The van der Waals surface area contributed by atoms with Crippen LogP contribution in [-0.4, -0.2) is 69.9 Å². The molecule has 0 radical (unpaired) electrons. The summed E-state index contributed by atoms with van der Waals surface area (Å²) in [7, 11) is 0. The number of carbonyl (C=O) groups is 1. The molecule has 1 saturated heterocycles. The van der Waals surface area contributed by atoms with Crippen LogP contribution in [0.2, 0.25) is 0 Å². The van der Waals surface area contributed by atoms with Gasteiger partial charge in [-0.05, 0) is 24.1 Å². The summed E-state index contributed by atoms with van der Waals surface area (Å²) in [6, 6.07) is 11.8. The van der Waals surface area contributed by atoms with E-state index in [1.807, 2.05) is 46.0 Å². The van der Waals surface area contributed by atoms with Crippen LogP contribution in [0.3, 0.4) is 0 Å². The molecule has 0 bridgehead atoms. The second-order valence-electron chi connectivity index (χ2n) is 6.71. The third-order valence-electron chi connectivity index (χ3n) is 4.62. The van der Waals surface area contributed by atoms with Crippen molar-refractivity contribution in [3.8, 4) is 5.69 Å². The minimum atomic E-state index is -0.0137. The van der Waals surface area contributed by atoms with Crippen molar-refractivity contribution in [3.05, 3.63) is 47.8 Å². The highest BCUT2D eigenvalue weighted by Crippen LogP contribution is 2.21. The summed E-state index contributed by atoms with van der Waals surface area (Å²) in [5, 5.41) is 13.6. The van der Waals surface area contributed by atoms with Crippen LogP contribution in [0, 0.1) is 0 Å². The van der Waals surface area contributed by atoms with E-state index in [1.54, 1.807) is 0 Å². The zero-order valence-corrected chi connectivity index (χ0v) is 14.9. The number of aromatic nitrogens is 2. The maximum Gasteiger partial charge on any atom is 0.274 e. The van der Waals surface area contributed by atoms with Gasteiger partial charge < -0.3 is 10.0 Å². The molecule has 0 saturated carbocycles. The second kappa shape index (κ2) is 7.80. The molecule has 1 amide bonds. The van der Waals surface area contributed by atoms with E-state index in [0.717, 1.165) is 24.5 Å². The van der Waals surface area contributed by atoms with Crippen molar-refractivity contribution < 1.29 is 9.90 Å². The van der Waals surface area contributed by atoms with Gasteiger partial charge in [0.1, 0.15) is 0 Å². The smallest absolute Gasteiger partial charge is 0.274 e. The van der Waals surface area contributed by atoms with E-state index in [-0.39, 0.29) is 18.4 Å². The van der Waals surface area contributed by atoms with Crippen molar-refractivity contribution in [1.82, 2.24) is 19.6 Å². The number of aliphatic hydroxyl groups excluding tert-OH is 1. The first-order chi connectivity index (χ1) is 12.1. The van der Waals surface area contributed by atoms with Gasteiger partial charge in [-0.1, -0.05) is 32.0 Å². The summed E-state index contributed by atoms with van der Waals surface area (Å²) in [5.41, 5.74) is 2.51. The highest BCUT2D eigenvalue weighted by atomic mass is 16.3. The van der Waals surface area contributed by atoms with Gasteiger partial charge in [0, 0.05) is 38.4 Å². The molecule has 1 aromatic heterocycles. The van der Waals surface area contributed by atoms with Crippen molar-refractivity contribution in [3.63, 3.8) is 0 Å². The number of nitrogens with zero attached hydrogens (tertiary/aromatic N) is 4. The number of benzene rings is 1. The third kappa shape index (κ3) is 3.91. The number of aliphatic hydroxyl groups is 1. The maximum atomic E-state index is 12.9. The summed E-state index contributed by atoms with van der Waals surface area (Å²) in [6.07, 6.45) is 0. The van der Waals surface area contributed by atoms with Gasteiger partial charge in [0.15, 0.2) is 5.69 Å². The molecule has 6 nitrogen and oxygen atoms in total. The van der Waals surface area contributed by atoms with Crippen molar-refractivity contribution in [1.29, 1.82) is 0 Å². The molecule has 1 aliphatic heterocycles. The average Bonchev–Trinajstić information content (AvgIpc) is 3.08. The van der Waals surface area contributed by atoms with Crippen LogP contribution in [0.5, 0.6) is 0 Å². The van der Waals surface area contributed by atoms with Crippen molar-refractivity contribution in [2.45, 2.75) is 19.8 Å². The zero-order chi connectivity index (χ0) is 17.8. The van der Waals surface area contributed by atoms with Gasteiger partial charge in [-0.25, -0.2) is 4.68 Å². The lowest BCUT2D eigenvalue weighted by Crippen LogP contribution is -2.49. The van der Waals surface area contributed by atoms with Crippen molar-refractivity contribution in [2.24, 2.45) is 0 Å². The molecular formula is C19H26N4O2. The van der Waals surface area contributed by atoms with E-state index < -0.39 is 0 Å². The Hall–Kier alpha value is -2.18. The lowest BCUT2D eigenvalue weighted by atomic mass is 10.1. The third-order valence-corrected chi connectivity index (χ3v) is 4.62. The van der Waals surface area contributed by atoms with Crippen LogP contribution in [0.15, 0.2) is 36.4 Å². The predicted molar refractivity (Wildman–Crippen MR) is 97.1 cm³/mol. The van der Waals surface area contributed by atoms with Crippen LogP contribution >= 0.6 is 0 Å². The van der Waals surface area contributed by atoms with Gasteiger partial charge in [0.2, 0.25) is 0 Å². The monoisotopic (exact) mass is 342 g/mol. The van der Waals surface area contributed by atoms with E-state index in [9.17, 15) is 4.79 Å². The van der Waals surface area contributed by atoms with Crippen LogP contribution in [0.25, 0.3) is 5.69 Å². The molecule has 0 unspecified atom stereocenters. The second-order valence-corrected chi connectivity index (χ2v) is 6.71. The average molecular weight is 342 g/mol. The Kier molecular flexibility index (Phi) is 5.50. The van der Waals surface area contributed by atoms with Gasteiger partial charge in [0.25, 0.3) is 5.91 Å². The fourth-order valence-corrected chi connectivity index (χ4v) is 3.17. The van der Waals surface area contributed by atoms with Gasteiger partial charge in [-0.15, -0.1) is 0 Å². The minimum absolute atomic E-state index is 0.0137. The molecule has 1 aliphatic rings. The fourth-order valence-electron chi connectivity index (χ4n) is 3.17. The quantitative estimate of drug-likeness (QED) is 0.899. The molecule has 6 heteroatoms. The maximum absolute atomic E-state index is 12.9. The number of piperazine rings is 1. The standard InChI is InChI=1S/C19H26N4O2/c1-15(2)18-14-17(20-23(18)16-6-4-3-5-7-16)19(25)22-10-8-21(9-11-22)12-13-24/h3-7,14-15,24H,8-13H2,1-2H3. The topological polar surface area (TPSA) is 61.6 Å². The number of carbonyl (C=O) groups excluding carboxylic acids is 1. The Morgan fingerprint density at radius 1 is 1.16 bits per heavy atom. The number of amides is 1. The first kappa shape index (κ1) is 17.6. The fraction of sp³-hybridized carbons (Fsp3) is 0.474. The first-order valence-corrected chi connectivity index (χ1v) is 8.88. The molecule has 25 heavy (non-hydrogen) atoms. The number of para-hydroxylation sites is 1. The van der Waals surface area contributed by atoms with Crippen LogP contribution in [-0.2, 0) is 0 Å². The Morgan fingerprint density at radius 3 is 2.44 bits per heavy atom. The zero-order valence-electron chi connectivity index (χ0n) is 14.9. The molecule has 2 heterocycles. The molecule has 2 aromatic rings. The summed E-state index contributed by atoms with van der Waals surface area (Å²) < 4.78 is 1.87. The SMILES string of the molecule is CC(C)c1cc(C(=O)N2CCN(CCO)CC2)nn1-c1ccccc1. The molecule has 0 spiro atoms. The van der Waals surface area contributed by atoms with Gasteiger partial charge >= 0.3 is 0 Å². The highest BCUT2D eigenvalue weighted by Gasteiger charge is 2.25. The lowest BCUT2D eigenvalue weighted by Gasteiger charge is -2.33. The Morgan fingerprint density at radius 2 is 1.84 bits per heavy atom. The van der Waals surface area contributed by atoms with Gasteiger partial charge in [-0.3, -0.25) is 9.69 Å². The van der Waals surface area contributed by atoms with E-state index in [1.165, 1.54) is 0 Å². The minimum Gasteiger partial charge on any atom is -0.395 e. The number of hydrogen-bond acceptors (Lipinski definition) is 4. The van der Waals surface area contributed by atoms with Crippen LogP contribution in [0.1, 0.15) is 35.9 Å². The number of β-amino-alcohol motifs (C(OH)–C–C–N with tert-alkyl or cyclic N) is 1. The molecule has 3 rings (SSSR count). The molecule has 1 N–H and O–H groups in total. The largest absolute Gasteiger partial charge is 0.395 e. The summed E-state index contributed by atoms with van der Waals surface area (Å²) >= 11 is 0. The van der Waals surface area contributed by atoms with E-state index in [2.05, 4.69) is 23.8 Å². The molecule has 0 atom stereocenters. The summed E-state index contributed by atoms with van der Waals surface area (Å²) in [4.78, 5) is 16.9. The van der Waals surface area contributed by atoms with Crippen molar-refractivity contribution >= 4 is 5.91 Å². The predicted octanol–water partition coefficient (Wildman–Crippen LogP) is 1.75. The van der Waals surface area contributed by atoms with Crippen molar-refractivity contribution in [2.75, 3.05) is 39.3 Å². The highest BCUT2D eigenvalue weighted by molar-refractivity contribution is 5.92. The summed E-state index contributed by atoms with van der Waals surface area (Å²) in [5.74, 6) is 0.260. The molecule has 134 valence electrons. The van der Waals surface area contributed by atoms with Crippen LogP contribution < -0.4 is 0 Å². The van der Waals surface area contributed by atoms with Crippen LogP contribution in [0.4, 0.5) is 0 Å². The van der Waals surface area contributed by atoms with E-state index in [4.69, 9.17) is 5.11 Å². The Bertz CT molecular complexity index is 703. The lowest BCUT2D eigenvalue weighted by molar-refractivity contribution is 0.0609. The summed E-state index contributed by atoms with van der Waals surface area (Å²) in [6.45, 7) is 7.99. The van der Waals surface area contributed by atoms with Gasteiger partial charge in [-0.2, -0.15) is 5.10 Å². The molecule has 1 fully saturated rings. The number of rotatable bonds is 5. The molecular weight excluding hydrogens is 316 g/mol. The first-order valence-electron chi connectivity index (χ1n) is 8.88. The molecule has 1 aromatic carbocycles. The van der Waals surface area contributed by atoms with E-state index in [0.29, 0.717) is 25.3 Å². The molecule has 0 aliphatic carbocycles. The van der Waals surface area contributed by atoms with E-state index >= 15 is 0 Å². The number of hydrogen-bond donors (Lipinski definition) is 1. The Labute approximate surface area is 148 Å². The normalized spacial score (nSPS) is 15.8.